The second-order valence-electron chi connectivity index (χ2n) is 2.62. The maximum absolute atomic E-state index is 3.31. The first-order chi connectivity index (χ1) is 5.43. The Labute approximate surface area is 68.5 Å². The molecule has 0 aromatic rings. The highest BCUT2D eigenvalue weighted by Crippen LogP contribution is 2.04. The molecule has 0 radical (unpaired) electrons. The lowest BCUT2D eigenvalue weighted by Crippen LogP contribution is -2.15. The van der Waals surface area contributed by atoms with Gasteiger partial charge in [-0.3, -0.25) is 0 Å². The van der Waals surface area contributed by atoms with Crippen LogP contribution in [-0.2, 0) is 0 Å². The van der Waals surface area contributed by atoms with Crippen LogP contribution in [0.2, 0.25) is 0 Å². The van der Waals surface area contributed by atoms with E-state index in [2.05, 4.69) is 42.6 Å². The van der Waals surface area contributed by atoms with Gasteiger partial charge < -0.3 is 5.32 Å². The molecule has 0 heterocycles. The molecule has 0 aromatic carbocycles. The first kappa shape index (κ1) is 8.28. The van der Waals surface area contributed by atoms with E-state index in [4.69, 9.17) is 0 Å². The maximum Gasteiger partial charge on any atom is 0.0170 e. The van der Waals surface area contributed by atoms with E-state index in [0.29, 0.717) is 0 Å². The molecule has 0 aliphatic heterocycles. The van der Waals surface area contributed by atoms with Gasteiger partial charge in [-0.25, -0.2) is 0 Å². The highest BCUT2D eigenvalue weighted by Gasteiger charge is 1.93. The molecule has 0 atom stereocenters. The first-order valence-electron chi connectivity index (χ1n) is 4.15. The zero-order valence-electron chi connectivity index (χ0n) is 7.01. The highest BCUT2D eigenvalue weighted by atomic mass is 14.8. The average molecular weight is 149 g/mol. The summed E-state index contributed by atoms with van der Waals surface area (Å²) in [6.07, 6.45) is 11.7. The quantitative estimate of drug-likeness (QED) is 0.647. The molecule has 0 saturated heterocycles. The van der Waals surface area contributed by atoms with Crippen molar-refractivity contribution in [3.8, 4) is 0 Å². The molecule has 1 rings (SSSR count). The van der Waals surface area contributed by atoms with Gasteiger partial charge in [0, 0.05) is 6.54 Å². The Morgan fingerprint density at radius 2 is 2.27 bits per heavy atom. The van der Waals surface area contributed by atoms with E-state index in [1.54, 1.807) is 0 Å². The third-order valence-electron chi connectivity index (χ3n) is 1.67. The highest BCUT2D eigenvalue weighted by molar-refractivity contribution is 5.23. The summed E-state index contributed by atoms with van der Waals surface area (Å²) in [5.74, 6) is 0. The largest absolute Gasteiger partial charge is 0.313 e. The average Bonchev–Trinajstić information content (AvgIpc) is 2.28. The summed E-state index contributed by atoms with van der Waals surface area (Å²) in [4.78, 5) is 0. The number of allylic oxidation sites excluding steroid dienone is 5. The number of hydrogen-bond donors (Lipinski definition) is 1. The van der Waals surface area contributed by atoms with Crippen molar-refractivity contribution in [2.75, 3.05) is 13.1 Å². The summed E-state index contributed by atoms with van der Waals surface area (Å²) in [5.41, 5.74) is 1.46. The molecular formula is C10H15N. The van der Waals surface area contributed by atoms with Gasteiger partial charge in [-0.05, 0) is 13.0 Å². The fraction of sp³-hybridized carbons (Fsp3) is 0.400. The molecule has 0 amide bonds. The van der Waals surface area contributed by atoms with Gasteiger partial charge in [-0.2, -0.15) is 0 Å². The third kappa shape index (κ3) is 3.19. The summed E-state index contributed by atoms with van der Waals surface area (Å²) < 4.78 is 0. The van der Waals surface area contributed by atoms with E-state index in [1.807, 2.05) is 0 Å². The van der Waals surface area contributed by atoms with Crippen LogP contribution >= 0.6 is 0 Å². The van der Waals surface area contributed by atoms with Crippen LogP contribution in [0.5, 0.6) is 0 Å². The van der Waals surface area contributed by atoms with Gasteiger partial charge in [0.05, 0.1) is 0 Å². The molecule has 0 spiro atoms. The van der Waals surface area contributed by atoms with Crippen molar-refractivity contribution in [2.24, 2.45) is 0 Å². The molecule has 0 saturated carbocycles. The minimum Gasteiger partial charge on any atom is -0.313 e. The molecule has 60 valence electrons. The number of nitrogens with one attached hydrogen (secondary N) is 1. The second-order valence-corrected chi connectivity index (χ2v) is 2.62. The smallest absolute Gasteiger partial charge is 0.0170 e. The minimum atomic E-state index is 1.02. The molecular weight excluding hydrogens is 134 g/mol. The van der Waals surface area contributed by atoms with Gasteiger partial charge in [0.25, 0.3) is 0 Å². The van der Waals surface area contributed by atoms with Crippen LogP contribution < -0.4 is 5.32 Å². The van der Waals surface area contributed by atoms with Gasteiger partial charge in [-0.15, -0.1) is 0 Å². The van der Waals surface area contributed by atoms with E-state index < -0.39 is 0 Å². The molecule has 1 heteroatoms. The van der Waals surface area contributed by atoms with E-state index >= 15 is 0 Å². The van der Waals surface area contributed by atoms with Gasteiger partial charge in [-0.1, -0.05) is 42.9 Å². The van der Waals surface area contributed by atoms with Crippen LogP contribution in [0.25, 0.3) is 0 Å². The van der Waals surface area contributed by atoms with Crippen molar-refractivity contribution in [1.82, 2.24) is 5.32 Å². The maximum atomic E-state index is 3.31. The Morgan fingerprint density at radius 1 is 1.36 bits per heavy atom. The Bertz CT molecular complexity index is 187. The van der Waals surface area contributed by atoms with Crippen LogP contribution in [0.3, 0.4) is 0 Å². The van der Waals surface area contributed by atoms with Gasteiger partial charge >= 0.3 is 0 Å². The van der Waals surface area contributed by atoms with E-state index in [-0.39, 0.29) is 0 Å². The fourth-order valence-corrected chi connectivity index (χ4v) is 1.04. The molecule has 1 aliphatic rings. The molecule has 1 aliphatic carbocycles. The summed E-state index contributed by atoms with van der Waals surface area (Å²) >= 11 is 0. The third-order valence-corrected chi connectivity index (χ3v) is 1.67. The molecule has 1 N–H and O–H groups in total. The minimum absolute atomic E-state index is 1.02. The second kappa shape index (κ2) is 4.91. The predicted octanol–water partition coefficient (Wildman–Crippen LogP) is 2.04. The van der Waals surface area contributed by atoms with E-state index in [0.717, 1.165) is 19.5 Å². The lowest BCUT2D eigenvalue weighted by molar-refractivity contribution is 0.766. The van der Waals surface area contributed by atoms with E-state index in [1.165, 1.54) is 5.57 Å². The van der Waals surface area contributed by atoms with Crippen molar-refractivity contribution in [1.29, 1.82) is 0 Å². The molecule has 0 bridgehead atoms. The lowest BCUT2D eigenvalue weighted by Gasteiger charge is -2.02. The Balaban J connectivity index is 2.38. The van der Waals surface area contributed by atoms with Gasteiger partial charge in [0.2, 0.25) is 0 Å². The van der Waals surface area contributed by atoms with Crippen molar-refractivity contribution >= 4 is 0 Å². The predicted molar refractivity (Wildman–Crippen MR) is 49.5 cm³/mol. The lowest BCUT2D eigenvalue weighted by atomic mass is 10.2. The van der Waals surface area contributed by atoms with Crippen molar-refractivity contribution in [3.05, 3.63) is 36.0 Å². The number of likely N-dealkylation sites (N-methyl/N-ethyl adjacent to an activating group) is 1. The Morgan fingerprint density at radius 3 is 3.09 bits per heavy atom. The summed E-state index contributed by atoms with van der Waals surface area (Å²) in [7, 11) is 0. The SMILES string of the molecule is CCNCC1=CC=CC=CC1. The molecule has 0 fully saturated rings. The van der Waals surface area contributed by atoms with E-state index in [9.17, 15) is 0 Å². The van der Waals surface area contributed by atoms with Crippen LogP contribution in [0, 0.1) is 0 Å². The van der Waals surface area contributed by atoms with Gasteiger partial charge in [0.15, 0.2) is 0 Å². The van der Waals surface area contributed by atoms with Gasteiger partial charge in [0.1, 0.15) is 0 Å². The van der Waals surface area contributed by atoms with Crippen LogP contribution in [-0.4, -0.2) is 13.1 Å². The summed E-state index contributed by atoms with van der Waals surface area (Å²) in [6.45, 7) is 4.19. The number of hydrogen-bond acceptors (Lipinski definition) is 1. The topological polar surface area (TPSA) is 12.0 Å². The fourth-order valence-electron chi connectivity index (χ4n) is 1.04. The van der Waals surface area contributed by atoms with Crippen molar-refractivity contribution < 1.29 is 0 Å². The Kier molecular flexibility index (Phi) is 3.70. The molecule has 0 unspecified atom stereocenters. The molecule has 0 aromatic heterocycles. The van der Waals surface area contributed by atoms with Crippen molar-refractivity contribution in [3.63, 3.8) is 0 Å². The normalized spacial score (nSPS) is 16.3. The first-order valence-corrected chi connectivity index (χ1v) is 4.15. The summed E-state index contributed by atoms with van der Waals surface area (Å²) in [6, 6.07) is 0. The standard InChI is InChI=1S/C10H15N/c1-2-11-9-10-7-5-3-4-6-8-10/h3-7,11H,2,8-9H2,1H3. The zero-order valence-corrected chi connectivity index (χ0v) is 7.01. The molecule has 11 heavy (non-hydrogen) atoms. The van der Waals surface area contributed by atoms with Crippen LogP contribution in [0.1, 0.15) is 13.3 Å². The van der Waals surface area contributed by atoms with Crippen LogP contribution in [0.15, 0.2) is 36.0 Å². The van der Waals surface area contributed by atoms with Crippen molar-refractivity contribution in [2.45, 2.75) is 13.3 Å². The summed E-state index contributed by atoms with van der Waals surface area (Å²) in [5, 5.41) is 3.31. The molecule has 1 nitrogen and oxygen atoms in total. The monoisotopic (exact) mass is 149 g/mol. The number of rotatable bonds is 3. The Hall–Kier alpha value is -0.820. The van der Waals surface area contributed by atoms with Crippen LogP contribution in [0.4, 0.5) is 0 Å². The zero-order chi connectivity index (χ0) is 7.94.